The molecule has 0 unspecified atom stereocenters. The number of aryl methyl sites for hydroxylation is 2. The molecule has 0 aliphatic heterocycles. The highest BCUT2D eigenvalue weighted by molar-refractivity contribution is 7.98. The van der Waals surface area contributed by atoms with Crippen LogP contribution in [0.4, 0.5) is 0 Å². The Morgan fingerprint density at radius 1 is 1.00 bits per heavy atom. The van der Waals surface area contributed by atoms with Crippen LogP contribution in [0.3, 0.4) is 0 Å². The zero-order valence-corrected chi connectivity index (χ0v) is 18.5. The van der Waals surface area contributed by atoms with Gasteiger partial charge in [-0.1, -0.05) is 41.6 Å². The number of hydrogen-bond donors (Lipinski definition) is 0. The average molecular weight is 447 g/mol. The van der Waals surface area contributed by atoms with Crippen molar-refractivity contribution in [3.63, 3.8) is 0 Å². The lowest BCUT2D eigenvalue weighted by molar-refractivity contribution is 0.818. The summed E-state index contributed by atoms with van der Waals surface area (Å²) in [7, 11) is 0. The van der Waals surface area contributed by atoms with Crippen LogP contribution in [0.2, 0.25) is 0 Å². The summed E-state index contributed by atoms with van der Waals surface area (Å²) in [5.74, 6) is 0.430. The van der Waals surface area contributed by atoms with Crippen molar-refractivity contribution in [3.05, 3.63) is 97.6 Å². The standard InChI is InChI=1S/C23H18N4O2S2/c1-14-7-9-17(10-8-14)27-21(29)18-5-3-4-6-19(18)25-23(27)31-13-16-11-20(28)26-15(2)12-30-22(26)24-16/h3-12H,13H2,1-2H3. The van der Waals surface area contributed by atoms with Gasteiger partial charge in [0, 0.05) is 22.9 Å². The van der Waals surface area contributed by atoms with Gasteiger partial charge >= 0.3 is 0 Å². The Hall–Kier alpha value is -3.23. The van der Waals surface area contributed by atoms with E-state index in [1.807, 2.05) is 61.7 Å². The summed E-state index contributed by atoms with van der Waals surface area (Å²) < 4.78 is 3.24. The second-order valence-corrected chi connectivity index (χ2v) is 9.04. The first kappa shape index (κ1) is 19.7. The van der Waals surface area contributed by atoms with Crippen molar-refractivity contribution in [3.8, 4) is 5.69 Å². The maximum atomic E-state index is 13.3. The number of nitrogens with zero attached hydrogens (tertiary/aromatic N) is 4. The van der Waals surface area contributed by atoms with E-state index < -0.39 is 0 Å². The summed E-state index contributed by atoms with van der Waals surface area (Å²) >= 11 is 2.84. The van der Waals surface area contributed by atoms with Gasteiger partial charge in [-0.25, -0.2) is 9.97 Å². The van der Waals surface area contributed by atoms with Gasteiger partial charge < -0.3 is 0 Å². The minimum Gasteiger partial charge on any atom is -0.269 e. The number of aromatic nitrogens is 4. The molecule has 154 valence electrons. The van der Waals surface area contributed by atoms with Crippen molar-refractivity contribution in [1.29, 1.82) is 0 Å². The molecule has 5 aromatic rings. The molecule has 3 heterocycles. The van der Waals surface area contributed by atoms with Crippen LogP contribution in [-0.2, 0) is 5.75 Å². The molecule has 0 saturated heterocycles. The van der Waals surface area contributed by atoms with E-state index in [-0.39, 0.29) is 11.1 Å². The molecule has 0 N–H and O–H groups in total. The molecule has 0 fully saturated rings. The third kappa shape index (κ3) is 3.58. The summed E-state index contributed by atoms with van der Waals surface area (Å²) in [6.45, 7) is 3.90. The second kappa shape index (κ2) is 7.79. The van der Waals surface area contributed by atoms with Crippen molar-refractivity contribution >= 4 is 39.0 Å². The Morgan fingerprint density at radius 2 is 1.77 bits per heavy atom. The molecule has 2 aromatic carbocycles. The van der Waals surface area contributed by atoms with Gasteiger partial charge in [-0.05, 0) is 38.1 Å². The normalized spacial score (nSPS) is 11.4. The smallest absolute Gasteiger partial charge is 0.266 e. The van der Waals surface area contributed by atoms with Crippen LogP contribution in [-0.4, -0.2) is 18.9 Å². The number of para-hydroxylation sites is 1. The Bertz CT molecular complexity index is 1550. The molecule has 31 heavy (non-hydrogen) atoms. The van der Waals surface area contributed by atoms with Gasteiger partial charge in [0.2, 0.25) is 0 Å². The molecule has 0 amide bonds. The summed E-state index contributed by atoms with van der Waals surface area (Å²) in [5.41, 5.74) is 3.85. The first-order valence-electron chi connectivity index (χ1n) is 9.70. The van der Waals surface area contributed by atoms with Crippen molar-refractivity contribution in [1.82, 2.24) is 18.9 Å². The molecule has 0 radical (unpaired) electrons. The van der Waals surface area contributed by atoms with Crippen LogP contribution in [0.5, 0.6) is 0 Å². The quantitative estimate of drug-likeness (QED) is 0.303. The van der Waals surface area contributed by atoms with Crippen molar-refractivity contribution < 1.29 is 0 Å². The molecule has 8 heteroatoms. The van der Waals surface area contributed by atoms with E-state index in [4.69, 9.17) is 4.98 Å². The van der Waals surface area contributed by atoms with E-state index in [1.54, 1.807) is 21.1 Å². The zero-order chi connectivity index (χ0) is 21.5. The van der Waals surface area contributed by atoms with E-state index in [9.17, 15) is 9.59 Å². The molecule has 0 aliphatic rings. The highest BCUT2D eigenvalue weighted by Gasteiger charge is 2.14. The average Bonchev–Trinajstić information content (AvgIpc) is 3.14. The fourth-order valence-corrected chi connectivity index (χ4v) is 5.24. The van der Waals surface area contributed by atoms with Crippen LogP contribution in [0.25, 0.3) is 21.6 Å². The third-order valence-electron chi connectivity index (χ3n) is 5.01. The van der Waals surface area contributed by atoms with Crippen molar-refractivity contribution in [2.45, 2.75) is 24.8 Å². The third-order valence-corrected chi connectivity index (χ3v) is 6.93. The highest BCUT2D eigenvalue weighted by Crippen LogP contribution is 2.24. The first-order chi connectivity index (χ1) is 15.0. The monoisotopic (exact) mass is 446 g/mol. The molecule has 0 spiro atoms. The lowest BCUT2D eigenvalue weighted by Gasteiger charge is -2.13. The molecular formula is C23H18N4O2S2. The second-order valence-electron chi connectivity index (χ2n) is 7.26. The topological polar surface area (TPSA) is 69.3 Å². The minimum absolute atomic E-state index is 0.0956. The molecular weight excluding hydrogens is 428 g/mol. The van der Waals surface area contributed by atoms with E-state index >= 15 is 0 Å². The van der Waals surface area contributed by atoms with E-state index in [0.717, 1.165) is 16.9 Å². The van der Waals surface area contributed by atoms with Gasteiger partial charge in [0.1, 0.15) is 0 Å². The Labute approximate surface area is 185 Å². The van der Waals surface area contributed by atoms with Gasteiger partial charge in [0.15, 0.2) is 10.1 Å². The van der Waals surface area contributed by atoms with Gasteiger partial charge in [0.25, 0.3) is 11.1 Å². The number of fused-ring (bicyclic) bond motifs is 2. The number of hydrogen-bond acceptors (Lipinski definition) is 6. The van der Waals surface area contributed by atoms with Crippen LogP contribution in [0, 0.1) is 13.8 Å². The van der Waals surface area contributed by atoms with Gasteiger partial charge in [-0.2, -0.15) is 0 Å². The zero-order valence-electron chi connectivity index (χ0n) is 16.9. The Morgan fingerprint density at radius 3 is 2.58 bits per heavy atom. The molecule has 3 aromatic heterocycles. The largest absolute Gasteiger partial charge is 0.269 e. The SMILES string of the molecule is Cc1ccc(-n2c(SCc3cc(=O)n4c(C)csc4n3)nc3ccccc3c2=O)cc1. The fraction of sp³-hybridized carbons (Fsp3) is 0.130. The maximum Gasteiger partial charge on any atom is 0.266 e. The summed E-state index contributed by atoms with van der Waals surface area (Å²) in [4.78, 5) is 35.9. The molecule has 0 saturated carbocycles. The van der Waals surface area contributed by atoms with Crippen LogP contribution in [0.1, 0.15) is 17.0 Å². The predicted octanol–water partition coefficient (Wildman–Crippen LogP) is 4.36. The van der Waals surface area contributed by atoms with E-state index in [0.29, 0.717) is 32.5 Å². The van der Waals surface area contributed by atoms with Crippen LogP contribution in [0.15, 0.2) is 74.7 Å². The molecule has 6 nitrogen and oxygen atoms in total. The Kier molecular flexibility index (Phi) is 4.95. The van der Waals surface area contributed by atoms with Crippen LogP contribution < -0.4 is 11.1 Å². The molecule has 0 atom stereocenters. The summed E-state index contributed by atoms with van der Waals surface area (Å²) in [6, 6.07) is 16.7. The van der Waals surface area contributed by atoms with Gasteiger partial charge in [-0.15, -0.1) is 11.3 Å². The summed E-state index contributed by atoms with van der Waals surface area (Å²) in [6.07, 6.45) is 0. The number of rotatable bonds is 4. The highest BCUT2D eigenvalue weighted by atomic mass is 32.2. The maximum absolute atomic E-state index is 13.3. The number of benzene rings is 2. The lowest BCUT2D eigenvalue weighted by atomic mass is 10.2. The van der Waals surface area contributed by atoms with E-state index in [1.165, 1.54) is 23.1 Å². The lowest BCUT2D eigenvalue weighted by Crippen LogP contribution is -2.22. The van der Waals surface area contributed by atoms with Crippen molar-refractivity contribution in [2.75, 3.05) is 0 Å². The van der Waals surface area contributed by atoms with Gasteiger partial charge in [-0.3, -0.25) is 18.6 Å². The van der Waals surface area contributed by atoms with Crippen LogP contribution >= 0.6 is 23.1 Å². The van der Waals surface area contributed by atoms with Gasteiger partial charge in [0.05, 0.1) is 22.3 Å². The Balaban J connectivity index is 1.60. The van der Waals surface area contributed by atoms with E-state index in [2.05, 4.69) is 4.98 Å². The van der Waals surface area contributed by atoms with Crippen molar-refractivity contribution in [2.24, 2.45) is 0 Å². The molecule has 0 aliphatic carbocycles. The molecule has 0 bridgehead atoms. The predicted molar refractivity (Wildman–Crippen MR) is 126 cm³/mol. The number of thioether (sulfide) groups is 1. The fourth-order valence-electron chi connectivity index (χ4n) is 3.44. The first-order valence-corrected chi connectivity index (χ1v) is 11.6. The minimum atomic E-state index is -0.116. The molecule has 5 rings (SSSR count). The summed E-state index contributed by atoms with van der Waals surface area (Å²) in [5, 5.41) is 3.05. The number of thiazole rings is 1.